The van der Waals surface area contributed by atoms with Gasteiger partial charge in [0.15, 0.2) is 0 Å². The van der Waals surface area contributed by atoms with Crippen LogP contribution in [0.25, 0.3) is 0 Å². The third-order valence-electron chi connectivity index (χ3n) is 1.31. The summed E-state index contributed by atoms with van der Waals surface area (Å²) in [6.45, 7) is 0.966. The van der Waals surface area contributed by atoms with E-state index in [9.17, 15) is 0 Å². The van der Waals surface area contributed by atoms with Gasteiger partial charge in [0.05, 0.1) is 33.8 Å². The Bertz CT molecular complexity index is 92.9. The Morgan fingerprint density at radius 3 is 2.09 bits per heavy atom. The summed E-state index contributed by atoms with van der Waals surface area (Å²) in [5, 5.41) is 9.08. The summed E-state index contributed by atoms with van der Waals surface area (Å²) in [6, 6.07) is 0. The topological polar surface area (TPSA) is 20.2 Å². The van der Waals surface area contributed by atoms with Crippen LogP contribution >= 0.6 is 11.6 Å². The molecule has 0 amide bonds. The molecule has 0 aromatic carbocycles. The molecule has 0 saturated heterocycles. The number of alkyl halides is 1. The van der Waals surface area contributed by atoms with Gasteiger partial charge in [-0.1, -0.05) is 0 Å². The third kappa shape index (κ3) is 10.5. The van der Waals surface area contributed by atoms with E-state index in [1.807, 2.05) is 0 Å². The van der Waals surface area contributed by atoms with Crippen LogP contribution in [0.1, 0.15) is 6.42 Å². The smallest absolute Gasteiger partial charge is 0.0805 e. The first-order valence-corrected chi connectivity index (χ1v) is 4.03. The maximum Gasteiger partial charge on any atom is 0.0805 e. The first-order valence-electron chi connectivity index (χ1n) is 3.50. The molecule has 0 bridgehead atoms. The van der Waals surface area contributed by atoms with E-state index in [0.29, 0.717) is 5.88 Å². The molecule has 11 heavy (non-hydrogen) atoms. The summed E-state index contributed by atoms with van der Waals surface area (Å²) in [6.07, 6.45) is 0.450. The van der Waals surface area contributed by atoms with E-state index in [1.165, 1.54) is 0 Å². The summed E-state index contributed by atoms with van der Waals surface area (Å²) in [5.74, 6) is 0.347. The van der Waals surface area contributed by atoms with Crippen LogP contribution in [-0.4, -0.2) is 49.3 Å². The zero-order valence-corrected chi connectivity index (χ0v) is 8.86. The number of nitrogens with zero attached hydrogens (tertiary/aromatic N) is 1. The van der Waals surface area contributed by atoms with Crippen molar-refractivity contribution in [1.82, 2.24) is 0 Å². The summed E-state index contributed by atoms with van der Waals surface area (Å²) < 4.78 is 0.883. The van der Waals surface area contributed by atoms with Crippen LogP contribution in [0.4, 0.5) is 0 Å². The number of rotatable bonds is 4. The van der Waals surface area contributed by atoms with Crippen molar-refractivity contribution in [3.8, 4) is 0 Å². The van der Waals surface area contributed by atoms with Crippen LogP contribution in [0, 0.1) is 0 Å². The van der Waals surface area contributed by atoms with Gasteiger partial charge in [0.25, 0.3) is 0 Å². The number of hydrogen-bond donors (Lipinski definition) is 1. The van der Waals surface area contributed by atoms with Crippen molar-refractivity contribution in [2.24, 2.45) is 0 Å². The fourth-order valence-corrected chi connectivity index (χ4v) is 0.768. The molecule has 2 nitrogen and oxygen atoms in total. The average molecular weight is 202 g/mol. The van der Waals surface area contributed by atoms with Crippen molar-refractivity contribution < 1.29 is 22.0 Å². The number of aliphatic hydroxyl groups excluding tert-OH is 1. The number of aliphatic hydroxyl groups is 1. The first-order chi connectivity index (χ1) is 4.45. The third-order valence-corrected chi connectivity index (χ3v) is 1.67. The molecule has 1 N–H and O–H groups in total. The molecule has 0 spiro atoms. The van der Waals surface area contributed by atoms with Crippen molar-refractivity contribution in [2.75, 3.05) is 33.6 Å². The van der Waals surface area contributed by atoms with E-state index < -0.39 is 0 Å². The van der Waals surface area contributed by atoms with E-state index in [0.717, 1.165) is 17.4 Å². The monoisotopic (exact) mass is 201 g/mol. The van der Waals surface area contributed by atoms with Crippen LogP contribution in [-0.2, 0) is 0 Å². The highest BCUT2D eigenvalue weighted by atomic mass is 35.5. The normalized spacial score (nSPS) is 13.9. The van der Waals surface area contributed by atoms with Gasteiger partial charge in [0, 0.05) is 12.3 Å². The second kappa shape index (κ2) is 6.06. The van der Waals surface area contributed by atoms with Gasteiger partial charge in [-0.05, 0) is 0 Å². The molecular weight excluding hydrogens is 185 g/mol. The molecule has 0 heterocycles. The van der Waals surface area contributed by atoms with Gasteiger partial charge in [0.1, 0.15) is 0 Å². The van der Waals surface area contributed by atoms with Gasteiger partial charge in [0.2, 0.25) is 0 Å². The fraction of sp³-hybridized carbons (Fsp3) is 1.00. The van der Waals surface area contributed by atoms with E-state index in [1.54, 1.807) is 0 Å². The maximum absolute atomic E-state index is 9.08. The van der Waals surface area contributed by atoms with E-state index in [4.69, 9.17) is 16.7 Å². The minimum absolute atomic E-state index is 0. The molecule has 0 aliphatic carbocycles. The van der Waals surface area contributed by atoms with Crippen LogP contribution < -0.4 is 12.4 Å². The molecule has 1 unspecified atom stereocenters. The zero-order chi connectivity index (χ0) is 8.20. The maximum atomic E-state index is 9.08. The van der Waals surface area contributed by atoms with Gasteiger partial charge in [-0.2, -0.15) is 0 Å². The van der Waals surface area contributed by atoms with Gasteiger partial charge in [-0.25, -0.2) is 0 Å². The number of hydrogen-bond acceptors (Lipinski definition) is 1. The van der Waals surface area contributed by atoms with Crippen molar-refractivity contribution >= 4 is 11.6 Å². The SMILES string of the molecule is C[N+](C)(C)CCC(O)CCl.[Cl-]. The second-order valence-electron chi connectivity index (χ2n) is 3.61. The van der Waals surface area contributed by atoms with E-state index in [2.05, 4.69) is 21.1 Å². The van der Waals surface area contributed by atoms with Crippen molar-refractivity contribution in [2.45, 2.75) is 12.5 Å². The highest BCUT2D eigenvalue weighted by molar-refractivity contribution is 6.18. The molecular formula is C7H17Cl2NO. The average Bonchev–Trinajstić information content (AvgIpc) is 1.81. The summed E-state index contributed by atoms with van der Waals surface area (Å²) in [7, 11) is 6.29. The Hall–Kier alpha value is 0.500. The molecule has 70 valence electrons. The molecule has 0 aliphatic rings. The van der Waals surface area contributed by atoms with Gasteiger partial charge in [-0.15, -0.1) is 11.6 Å². The summed E-state index contributed by atoms with van der Waals surface area (Å²) >= 11 is 5.42. The van der Waals surface area contributed by atoms with Crippen LogP contribution in [0.15, 0.2) is 0 Å². The molecule has 0 fully saturated rings. The molecule has 4 heteroatoms. The molecule has 0 aromatic heterocycles. The van der Waals surface area contributed by atoms with E-state index in [-0.39, 0.29) is 18.5 Å². The highest BCUT2D eigenvalue weighted by Gasteiger charge is 2.10. The van der Waals surface area contributed by atoms with Crippen LogP contribution in [0.3, 0.4) is 0 Å². The zero-order valence-electron chi connectivity index (χ0n) is 7.35. The number of quaternary nitrogens is 1. The van der Waals surface area contributed by atoms with Gasteiger partial charge < -0.3 is 22.0 Å². The summed E-state index contributed by atoms with van der Waals surface area (Å²) in [4.78, 5) is 0. The van der Waals surface area contributed by atoms with Gasteiger partial charge >= 0.3 is 0 Å². The quantitative estimate of drug-likeness (QED) is 0.401. The van der Waals surface area contributed by atoms with Gasteiger partial charge in [-0.3, -0.25) is 0 Å². The lowest BCUT2D eigenvalue weighted by Crippen LogP contribution is -3.00. The standard InChI is InChI=1S/C7H17ClNO.ClH/c1-9(2,3)5-4-7(10)6-8;/h7,10H,4-6H2,1-3H3;1H/q+1;/p-1. The largest absolute Gasteiger partial charge is 1.00 e. The highest BCUT2D eigenvalue weighted by Crippen LogP contribution is 1.99. The van der Waals surface area contributed by atoms with Crippen molar-refractivity contribution in [3.63, 3.8) is 0 Å². The van der Waals surface area contributed by atoms with Crippen molar-refractivity contribution in [3.05, 3.63) is 0 Å². The van der Waals surface area contributed by atoms with Crippen LogP contribution in [0.2, 0.25) is 0 Å². The molecule has 0 saturated carbocycles. The lowest BCUT2D eigenvalue weighted by Gasteiger charge is -2.24. The Labute approximate surface area is 80.1 Å². The Kier molecular flexibility index (Phi) is 7.75. The second-order valence-corrected chi connectivity index (χ2v) is 3.92. The predicted molar refractivity (Wildman–Crippen MR) is 44.2 cm³/mol. The van der Waals surface area contributed by atoms with Crippen LogP contribution in [0.5, 0.6) is 0 Å². The Morgan fingerprint density at radius 1 is 1.36 bits per heavy atom. The molecule has 0 radical (unpaired) electrons. The molecule has 0 aromatic rings. The molecule has 0 aliphatic heterocycles. The molecule has 1 atom stereocenters. The Morgan fingerprint density at radius 2 is 1.82 bits per heavy atom. The lowest BCUT2D eigenvalue weighted by molar-refractivity contribution is -0.870. The first kappa shape index (κ1) is 14.0. The summed E-state index contributed by atoms with van der Waals surface area (Å²) in [5.41, 5.74) is 0. The lowest BCUT2D eigenvalue weighted by atomic mass is 10.2. The van der Waals surface area contributed by atoms with Crippen molar-refractivity contribution in [1.29, 1.82) is 0 Å². The number of halogens is 2. The predicted octanol–water partition coefficient (Wildman–Crippen LogP) is -2.31. The van der Waals surface area contributed by atoms with E-state index >= 15 is 0 Å². The minimum atomic E-state index is -0.334. The Balaban J connectivity index is 0. The fourth-order valence-electron chi connectivity index (χ4n) is 0.613. The minimum Gasteiger partial charge on any atom is -1.00 e. The molecule has 0 rings (SSSR count).